The summed E-state index contributed by atoms with van der Waals surface area (Å²) in [5, 5.41) is 7.44. The van der Waals surface area contributed by atoms with E-state index in [4.69, 9.17) is 4.52 Å². The zero-order valence-electron chi connectivity index (χ0n) is 15.8. The van der Waals surface area contributed by atoms with Crippen LogP contribution in [0.15, 0.2) is 9.52 Å². The largest absolute Gasteiger partial charge is 0.349 e. The number of hydrogen-bond acceptors (Lipinski definition) is 5. The van der Waals surface area contributed by atoms with Crippen molar-refractivity contribution in [3.8, 4) is 0 Å². The van der Waals surface area contributed by atoms with Gasteiger partial charge in [0, 0.05) is 31.6 Å². The molecule has 1 aromatic heterocycles. The molecule has 0 spiro atoms. The Morgan fingerprint density at radius 3 is 2.60 bits per heavy atom. The smallest absolute Gasteiger partial charge is 0.232 e. The third-order valence-electron chi connectivity index (χ3n) is 4.85. The van der Waals surface area contributed by atoms with Crippen molar-refractivity contribution in [1.82, 2.24) is 25.3 Å². The van der Waals surface area contributed by atoms with E-state index < -0.39 is 0 Å². The summed E-state index contributed by atoms with van der Waals surface area (Å²) in [5.41, 5.74) is -0.120. The maximum absolute atomic E-state index is 5.34. The highest BCUT2D eigenvalue weighted by atomic mass is 127. The van der Waals surface area contributed by atoms with Gasteiger partial charge in [-0.2, -0.15) is 4.98 Å². The van der Waals surface area contributed by atoms with Crippen LogP contribution in [0.2, 0.25) is 0 Å². The molecule has 25 heavy (non-hydrogen) atoms. The van der Waals surface area contributed by atoms with Gasteiger partial charge in [0.05, 0.1) is 6.54 Å². The van der Waals surface area contributed by atoms with Gasteiger partial charge in [-0.05, 0) is 32.4 Å². The molecule has 2 fully saturated rings. The Morgan fingerprint density at radius 1 is 1.28 bits per heavy atom. The van der Waals surface area contributed by atoms with Gasteiger partial charge in [0.2, 0.25) is 5.89 Å². The van der Waals surface area contributed by atoms with Gasteiger partial charge in [0.1, 0.15) is 0 Å². The molecular formula is C17H31IN6O. The summed E-state index contributed by atoms with van der Waals surface area (Å²) < 4.78 is 5.34. The van der Waals surface area contributed by atoms with Crippen LogP contribution >= 0.6 is 24.0 Å². The number of aromatic nitrogens is 2. The summed E-state index contributed by atoms with van der Waals surface area (Å²) in [4.78, 5) is 13.9. The van der Waals surface area contributed by atoms with Crippen LogP contribution in [0.4, 0.5) is 0 Å². The third-order valence-corrected chi connectivity index (χ3v) is 4.85. The van der Waals surface area contributed by atoms with Crippen molar-refractivity contribution in [1.29, 1.82) is 0 Å². The zero-order valence-corrected chi connectivity index (χ0v) is 18.1. The minimum atomic E-state index is -0.120. The SMILES string of the molecule is CN=C(NCc1noc(C(C)(C)C)n1)N1CCC(N2CCCC2)C1.I. The predicted molar refractivity (Wildman–Crippen MR) is 109 cm³/mol. The Labute approximate surface area is 167 Å². The second-order valence-electron chi connectivity index (χ2n) is 7.80. The van der Waals surface area contributed by atoms with Gasteiger partial charge in [-0.1, -0.05) is 25.9 Å². The molecule has 2 aliphatic rings. The Balaban J connectivity index is 0.00000225. The van der Waals surface area contributed by atoms with Gasteiger partial charge in [-0.15, -0.1) is 24.0 Å². The van der Waals surface area contributed by atoms with Crippen LogP contribution < -0.4 is 5.32 Å². The summed E-state index contributed by atoms with van der Waals surface area (Å²) in [7, 11) is 1.84. The molecule has 1 N–H and O–H groups in total. The lowest BCUT2D eigenvalue weighted by Crippen LogP contribution is -2.42. The first kappa shape index (κ1) is 20.4. The highest BCUT2D eigenvalue weighted by Crippen LogP contribution is 2.21. The second kappa shape index (κ2) is 8.66. The highest BCUT2D eigenvalue weighted by molar-refractivity contribution is 14.0. The van der Waals surface area contributed by atoms with Crippen molar-refractivity contribution in [2.24, 2.45) is 4.99 Å². The summed E-state index contributed by atoms with van der Waals surface area (Å²) in [6.45, 7) is 11.4. The number of halogens is 1. The number of nitrogens with one attached hydrogen (secondary N) is 1. The Kier molecular flexibility index (Phi) is 7.07. The van der Waals surface area contributed by atoms with E-state index in [1.54, 1.807) is 0 Å². The molecule has 0 aromatic carbocycles. The minimum Gasteiger partial charge on any atom is -0.349 e. The van der Waals surface area contributed by atoms with Crippen LogP contribution in [-0.2, 0) is 12.0 Å². The number of nitrogens with zero attached hydrogens (tertiary/aromatic N) is 5. The fourth-order valence-electron chi connectivity index (χ4n) is 3.46. The van der Waals surface area contributed by atoms with Gasteiger partial charge in [-0.25, -0.2) is 0 Å². The first-order chi connectivity index (χ1) is 11.5. The average Bonchev–Trinajstić information content (AvgIpc) is 3.28. The van der Waals surface area contributed by atoms with Crippen LogP contribution in [-0.4, -0.2) is 65.2 Å². The van der Waals surface area contributed by atoms with Crippen molar-refractivity contribution in [3.05, 3.63) is 11.7 Å². The predicted octanol–water partition coefficient (Wildman–Crippen LogP) is 2.23. The number of likely N-dealkylation sites (tertiary alicyclic amines) is 2. The normalized spacial score (nSPS) is 22.3. The highest BCUT2D eigenvalue weighted by Gasteiger charge is 2.30. The van der Waals surface area contributed by atoms with E-state index in [2.05, 4.69) is 51.0 Å². The Bertz CT molecular complexity index is 576. The molecule has 0 radical (unpaired) electrons. The molecule has 0 aliphatic carbocycles. The molecule has 0 saturated carbocycles. The van der Waals surface area contributed by atoms with E-state index in [0.29, 0.717) is 24.3 Å². The fourth-order valence-corrected chi connectivity index (χ4v) is 3.46. The van der Waals surface area contributed by atoms with E-state index in [9.17, 15) is 0 Å². The zero-order chi connectivity index (χ0) is 17.2. The molecule has 8 heteroatoms. The molecule has 3 rings (SSSR count). The summed E-state index contributed by atoms with van der Waals surface area (Å²) in [6.07, 6.45) is 3.91. The topological polar surface area (TPSA) is 69.8 Å². The Morgan fingerprint density at radius 2 is 2.00 bits per heavy atom. The van der Waals surface area contributed by atoms with Crippen molar-refractivity contribution in [3.63, 3.8) is 0 Å². The Hall–Kier alpha value is -0.900. The molecule has 2 aliphatic heterocycles. The van der Waals surface area contributed by atoms with Crippen molar-refractivity contribution in [2.75, 3.05) is 33.2 Å². The summed E-state index contributed by atoms with van der Waals surface area (Å²) in [6, 6.07) is 0.670. The van der Waals surface area contributed by atoms with Crippen LogP contribution in [0, 0.1) is 0 Å². The van der Waals surface area contributed by atoms with Crippen LogP contribution in [0.25, 0.3) is 0 Å². The molecule has 1 unspecified atom stereocenters. The van der Waals surface area contributed by atoms with E-state index >= 15 is 0 Å². The summed E-state index contributed by atoms with van der Waals surface area (Å²) in [5.74, 6) is 2.28. The number of guanidine groups is 1. The lowest BCUT2D eigenvalue weighted by molar-refractivity contribution is 0.249. The fraction of sp³-hybridized carbons (Fsp3) is 0.824. The molecule has 1 atom stereocenters. The van der Waals surface area contributed by atoms with Crippen LogP contribution in [0.5, 0.6) is 0 Å². The minimum absolute atomic E-state index is 0. The van der Waals surface area contributed by atoms with Gasteiger partial charge in [0.15, 0.2) is 11.8 Å². The monoisotopic (exact) mass is 462 g/mol. The van der Waals surface area contributed by atoms with Gasteiger partial charge >= 0.3 is 0 Å². The lowest BCUT2D eigenvalue weighted by Gasteiger charge is -2.25. The van der Waals surface area contributed by atoms with Gasteiger partial charge < -0.3 is 14.7 Å². The van der Waals surface area contributed by atoms with E-state index in [1.807, 2.05) is 7.05 Å². The number of rotatable bonds is 3. The summed E-state index contributed by atoms with van der Waals surface area (Å²) >= 11 is 0. The molecule has 0 amide bonds. The average molecular weight is 462 g/mol. The molecule has 142 valence electrons. The van der Waals surface area contributed by atoms with Gasteiger partial charge in [0.25, 0.3) is 0 Å². The number of aliphatic imine (C=N–C) groups is 1. The van der Waals surface area contributed by atoms with Gasteiger partial charge in [-0.3, -0.25) is 9.89 Å². The standard InChI is InChI=1S/C17H30N6O.HI/c1-17(2,3)15-20-14(21-24-15)11-19-16(18-4)23-10-7-13(12-23)22-8-5-6-9-22;/h13H,5-12H2,1-4H3,(H,18,19);1H. The van der Waals surface area contributed by atoms with Crippen LogP contribution in [0.3, 0.4) is 0 Å². The maximum Gasteiger partial charge on any atom is 0.232 e. The van der Waals surface area contributed by atoms with Crippen molar-refractivity contribution in [2.45, 2.75) is 58.0 Å². The molecule has 2 saturated heterocycles. The second-order valence-corrected chi connectivity index (χ2v) is 7.80. The van der Waals surface area contributed by atoms with Crippen molar-refractivity contribution >= 4 is 29.9 Å². The molecule has 7 nitrogen and oxygen atoms in total. The van der Waals surface area contributed by atoms with Crippen molar-refractivity contribution < 1.29 is 4.52 Å². The van der Waals surface area contributed by atoms with E-state index in [-0.39, 0.29) is 29.4 Å². The van der Waals surface area contributed by atoms with E-state index in [0.717, 1.165) is 19.0 Å². The molecule has 1 aromatic rings. The first-order valence-electron chi connectivity index (χ1n) is 9.00. The molecule has 0 bridgehead atoms. The molecular weight excluding hydrogens is 431 g/mol. The van der Waals surface area contributed by atoms with Crippen LogP contribution in [0.1, 0.15) is 51.7 Å². The maximum atomic E-state index is 5.34. The first-order valence-corrected chi connectivity index (χ1v) is 9.00. The van der Waals surface area contributed by atoms with E-state index in [1.165, 1.54) is 32.4 Å². The third kappa shape index (κ3) is 5.06. The lowest BCUT2D eigenvalue weighted by atomic mass is 9.97. The quantitative estimate of drug-likeness (QED) is 0.422. The molecule has 3 heterocycles. The number of hydrogen-bond donors (Lipinski definition) is 1.